The molecule has 0 radical (unpaired) electrons. The lowest BCUT2D eigenvalue weighted by Crippen LogP contribution is -2.08. The van der Waals surface area contributed by atoms with Crippen molar-refractivity contribution < 1.29 is 0 Å². The number of aromatic nitrogens is 1. The molecule has 1 aliphatic rings. The quantitative estimate of drug-likeness (QED) is 0.301. The van der Waals surface area contributed by atoms with Gasteiger partial charge < -0.3 is 0 Å². The molecule has 0 saturated carbocycles. The Kier molecular flexibility index (Phi) is 4.32. The molecule has 1 nitrogen and oxygen atoms in total. The molecule has 0 spiro atoms. The maximum Gasteiger partial charge on any atom is 0.0743 e. The minimum atomic E-state index is 0.299. The topological polar surface area (TPSA) is 12.9 Å². The van der Waals surface area contributed by atoms with Crippen LogP contribution in [0.5, 0.6) is 0 Å². The maximum absolute atomic E-state index is 4.82. The molecule has 1 aromatic heterocycles. The Labute approximate surface area is 179 Å². The number of hydrogen-bond donors (Lipinski definition) is 0. The summed E-state index contributed by atoms with van der Waals surface area (Å²) >= 11 is 0. The Morgan fingerprint density at radius 1 is 0.800 bits per heavy atom. The number of nitrogens with zero attached hydrogens (tertiary/aromatic N) is 1. The highest BCUT2D eigenvalue weighted by molar-refractivity contribution is 5.96. The van der Waals surface area contributed by atoms with Gasteiger partial charge in [-0.15, -0.1) is 0 Å². The summed E-state index contributed by atoms with van der Waals surface area (Å²) < 4.78 is 0. The van der Waals surface area contributed by atoms with E-state index in [-0.39, 0.29) is 0 Å². The summed E-state index contributed by atoms with van der Waals surface area (Å²) in [5, 5.41) is 2.73. The second-order valence-corrected chi connectivity index (χ2v) is 10.1. The number of hydrogen-bond acceptors (Lipinski definition) is 1. The first-order valence-electron chi connectivity index (χ1n) is 10.9. The highest BCUT2D eigenvalue weighted by atomic mass is 14.7. The molecule has 0 saturated heterocycles. The molecule has 0 atom stereocenters. The van der Waals surface area contributed by atoms with Crippen LogP contribution in [0.4, 0.5) is 0 Å². The van der Waals surface area contributed by atoms with Crippen molar-refractivity contribution >= 4 is 10.8 Å². The van der Waals surface area contributed by atoms with E-state index in [1.807, 2.05) is 6.20 Å². The van der Waals surface area contributed by atoms with Crippen molar-refractivity contribution in [3.05, 3.63) is 88.6 Å². The van der Waals surface area contributed by atoms with Crippen LogP contribution in [0.2, 0.25) is 0 Å². The van der Waals surface area contributed by atoms with Crippen LogP contribution in [0, 0.1) is 19.3 Å². The van der Waals surface area contributed by atoms with Crippen molar-refractivity contribution in [3.63, 3.8) is 0 Å². The van der Waals surface area contributed by atoms with Crippen LogP contribution in [0.15, 0.2) is 60.8 Å². The minimum absolute atomic E-state index is 0.299. The van der Waals surface area contributed by atoms with Gasteiger partial charge in [-0.1, -0.05) is 68.3 Å². The molecule has 0 amide bonds. The first kappa shape index (κ1) is 19.1. The molecule has 1 heteroatoms. The molecule has 0 aliphatic heterocycles. The molecule has 0 bridgehead atoms. The summed E-state index contributed by atoms with van der Waals surface area (Å²) in [4.78, 5) is 4.82. The van der Waals surface area contributed by atoms with Gasteiger partial charge in [0.1, 0.15) is 0 Å². The van der Waals surface area contributed by atoms with E-state index >= 15 is 0 Å². The fourth-order valence-electron chi connectivity index (χ4n) is 5.07. The van der Waals surface area contributed by atoms with Crippen LogP contribution in [-0.2, 0) is 12.8 Å². The van der Waals surface area contributed by atoms with Gasteiger partial charge in [-0.25, -0.2) is 0 Å². The van der Waals surface area contributed by atoms with Crippen LogP contribution in [0.25, 0.3) is 33.2 Å². The fourth-order valence-corrected chi connectivity index (χ4v) is 5.07. The lowest BCUT2D eigenvalue weighted by Gasteiger charge is -2.18. The maximum atomic E-state index is 4.82. The number of rotatable bonds is 2. The van der Waals surface area contributed by atoms with Crippen molar-refractivity contribution in [3.8, 4) is 22.4 Å². The zero-order chi connectivity index (χ0) is 21.0. The second-order valence-electron chi connectivity index (χ2n) is 10.1. The average molecular weight is 392 g/mol. The number of aryl methyl sites for hydroxylation is 2. The van der Waals surface area contributed by atoms with Crippen molar-refractivity contribution in [1.29, 1.82) is 0 Å². The molecular formula is C29H29N. The van der Waals surface area contributed by atoms with Crippen LogP contribution in [0.1, 0.15) is 48.6 Å². The zero-order valence-electron chi connectivity index (χ0n) is 18.6. The first-order chi connectivity index (χ1) is 14.3. The van der Waals surface area contributed by atoms with Crippen LogP contribution in [-0.4, -0.2) is 4.98 Å². The van der Waals surface area contributed by atoms with Crippen LogP contribution < -0.4 is 0 Å². The molecule has 0 unspecified atom stereocenters. The lowest BCUT2D eigenvalue weighted by molar-refractivity contribution is 0.411. The third-order valence-electron chi connectivity index (χ3n) is 6.12. The average Bonchev–Trinajstić information content (AvgIpc) is 3.04. The van der Waals surface area contributed by atoms with E-state index in [4.69, 9.17) is 4.98 Å². The molecular weight excluding hydrogens is 362 g/mol. The van der Waals surface area contributed by atoms with E-state index in [9.17, 15) is 0 Å². The highest BCUT2D eigenvalue weighted by Crippen LogP contribution is 2.43. The normalized spacial score (nSPS) is 12.8. The van der Waals surface area contributed by atoms with Gasteiger partial charge in [-0.2, -0.15) is 0 Å². The van der Waals surface area contributed by atoms with E-state index in [2.05, 4.69) is 89.2 Å². The van der Waals surface area contributed by atoms with E-state index in [0.29, 0.717) is 5.41 Å². The van der Waals surface area contributed by atoms with Gasteiger partial charge in [0.25, 0.3) is 0 Å². The summed E-state index contributed by atoms with van der Waals surface area (Å²) in [5.74, 6) is 0. The van der Waals surface area contributed by atoms with Gasteiger partial charge in [0.2, 0.25) is 0 Å². The summed E-state index contributed by atoms with van der Waals surface area (Å²) in [6.45, 7) is 11.2. The molecule has 30 heavy (non-hydrogen) atoms. The van der Waals surface area contributed by atoms with Crippen molar-refractivity contribution in [2.45, 2.75) is 47.5 Å². The Bertz CT molecular complexity index is 1270. The zero-order valence-corrected chi connectivity index (χ0v) is 18.6. The van der Waals surface area contributed by atoms with E-state index < -0.39 is 0 Å². The first-order valence-corrected chi connectivity index (χ1v) is 10.9. The predicted octanol–water partition coefficient (Wildman–Crippen LogP) is 7.68. The molecule has 4 aromatic rings. The molecule has 5 rings (SSSR count). The molecule has 1 heterocycles. The summed E-state index contributed by atoms with van der Waals surface area (Å²) in [6.07, 6.45) is 4.02. The minimum Gasteiger partial charge on any atom is -0.256 e. The predicted molar refractivity (Wildman–Crippen MR) is 128 cm³/mol. The Morgan fingerprint density at radius 3 is 2.27 bits per heavy atom. The number of fused-ring (bicyclic) bond motifs is 5. The molecule has 3 aromatic carbocycles. The van der Waals surface area contributed by atoms with Gasteiger partial charge in [0.15, 0.2) is 0 Å². The second kappa shape index (κ2) is 6.80. The Balaban J connectivity index is 1.62. The van der Waals surface area contributed by atoms with Gasteiger partial charge in [0.05, 0.1) is 5.69 Å². The third-order valence-corrected chi connectivity index (χ3v) is 6.12. The van der Waals surface area contributed by atoms with E-state index in [1.54, 1.807) is 0 Å². The SMILES string of the molecule is Cc1cc(C)cc(-c2nccc3c2Cc2c-3ccc3cc(CC(C)(C)C)ccc23)c1. The van der Waals surface area contributed by atoms with Crippen LogP contribution in [0.3, 0.4) is 0 Å². The van der Waals surface area contributed by atoms with E-state index in [1.165, 1.54) is 55.3 Å². The van der Waals surface area contributed by atoms with Gasteiger partial charge >= 0.3 is 0 Å². The molecule has 0 N–H and O–H groups in total. The third kappa shape index (κ3) is 3.33. The molecule has 1 aliphatic carbocycles. The number of pyridine rings is 1. The number of benzene rings is 3. The van der Waals surface area contributed by atoms with E-state index in [0.717, 1.165) is 18.5 Å². The summed E-state index contributed by atoms with van der Waals surface area (Å²) in [7, 11) is 0. The monoisotopic (exact) mass is 391 g/mol. The fraction of sp³-hybridized carbons (Fsp3) is 0.276. The summed E-state index contributed by atoms with van der Waals surface area (Å²) in [5.41, 5.74) is 12.2. The van der Waals surface area contributed by atoms with Crippen LogP contribution >= 0.6 is 0 Å². The largest absolute Gasteiger partial charge is 0.256 e. The van der Waals surface area contributed by atoms with Crippen molar-refractivity contribution in [2.24, 2.45) is 5.41 Å². The smallest absolute Gasteiger partial charge is 0.0743 e. The summed E-state index contributed by atoms with van der Waals surface area (Å²) in [6, 6.07) is 20.6. The van der Waals surface area contributed by atoms with Crippen molar-refractivity contribution in [1.82, 2.24) is 4.98 Å². The standard InChI is InChI=1S/C29H29N/c1-18-12-19(2)14-22(13-18)28-27-16-26-23-8-6-20(17-29(3,4)5)15-21(23)7-9-24(26)25(27)10-11-30-28/h6-15H,16-17H2,1-5H3. The molecule has 0 fully saturated rings. The van der Waals surface area contributed by atoms with Gasteiger partial charge in [0, 0.05) is 18.2 Å². The van der Waals surface area contributed by atoms with Gasteiger partial charge in [-0.05, 0) is 82.5 Å². The molecule has 150 valence electrons. The van der Waals surface area contributed by atoms with Gasteiger partial charge in [-0.3, -0.25) is 4.98 Å². The Morgan fingerprint density at radius 2 is 1.53 bits per heavy atom. The van der Waals surface area contributed by atoms with Crippen molar-refractivity contribution in [2.75, 3.05) is 0 Å². The highest BCUT2D eigenvalue weighted by Gasteiger charge is 2.24. The Hall–Kier alpha value is -2.93. The lowest BCUT2D eigenvalue weighted by atomic mass is 9.87.